The molecule has 1 atom stereocenters. The van der Waals surface area contributed by atoms with Crippen molar-refractivity contribution in [2.45, 2.75) is 37.5 Å². The van der Waals surface area contributed by atoms with E-state index in [0.29, 0.717) is 12.5 Å². The Balaban J connectivity index is 2.05. The lowest BCUT2D eigenvalue weighted by Crippen LogP contribution is -2.60. The summed E-state index contributed by atoms with van der Waals surface area (Å²) in [6, 6.07) is -0.256. The van der Waals surface area contributed by atoms with Gasteiger partial charge in [0, 0.05) is 11.3 Å². The van der Waals surface area contributed by atoms with Crippen LogP contribution in [0.15, 0.2) is 0 Å². The van der Waals surface area contributed by atoms with Crippen molar-refractivity contribution in [1.82, 2.24) is 10.2 Å². The van der Waals surface area contributed by atoms with E-state index in [9.17, 15) is 9.59 Å². The van der Waals surface area contributed by atoms with Crippen molar-refractivity contribution < 1.29 is 9.59 Å². The summed E-state index contributed by atoms with van der Waals surface area (Å²) >= 11 is 1.72. The molecule has 5 heteroatoms. The Hall–Kier alpha value is -0.710. The average Bonchev–Trinajstić information content (AvgIpc) is 3.06. The van der Waals surface area contributed by atoms with Crippen molar-refractivity contribution in [3.63, 3.8) is 0 Å². The highest BCUT2D eigenvalue weighted by molar-refractivity contribution is 7.99. The minimum Gasteiger partial charge on any atom is -0.342 e. The standard InChI is InChI=1S/C12H20N2O2S/c1-12(2,17-3)7-14-6-9(15)13-10(11(14)16)8-4-5-8/h8,10H,4-7H2,1-3H3,(H,13,15). The summed E-state index contributed by atoms with van der Waals surface area (Å²) in [6.07, 6.45) is 4.17. The zero-order chi connectivity index (χ0) is 12.6. The van der Waals surface area contributed by atoms with Crippen molar-refractivity contribution >= 4 is 23.6 Å². The third-order valence-electron chi connectivity index (χ3n) is 3.45. The summed E-state index contributed by atoms with van der Waals surface area (Å²) in [5, 5.41) is 2.82. The second-order valence-corrected chi connectivity index (χ2v) is 7.05. The first-order valence-electron chi connectivity index (χ1n) is 6.06. The predicted molar refractivity (Wildman–Crippen MR) is 68.8 cm³/mol. The summed E-state index contributed by atoms with van der Waals surface area (Å²) in [6.45, 7) is 5.06. The number of carbonyl (C=O) groups is 2. The van der Waals surface area contributed by atoms with Crippen LogP contribution < -0.4 is 5.32 Å². The van der Waals surface area contributed by atoms with Gasteiger partial charge in [-0.15, -0.1) is 0 Å². The third-order valence-corrected chi connectivity index (χ3v) is 4.68. The number of hydrogen-bond donors (Lipinski definition) is 1. The highest BCUT2D eigenvalue weighted by Crippen LogP contribution is 2.35. The van der Waals surface area contributed by atoms with Crippen molar-refractivity contribution in [3.8, 4) is 0 Å². The third kappa shape index (κ3) is 2.94. The molecule has 4 nitrogen and oxygen atoms in total. The Labute approximate surface area is 106 Å². The lowest BCUT2D eigenvalue weighted by Gasteiger charge is -2.37. The fourth-order valence-corrected chi connectivity index (χ4v) is 2.42. The van der Waals surface area contributed by atoms with Crippen LogP contribution in [-0.2, 0) is 9.59 Å². The molecular weight excluding hydrogens is 236 g/mol. The number of nitrogens with one attached hydrogen (secondary N) is 1. The number of hydrogen-bond acceptors (Lipinski definition) is 3. The Morgan fingerprint density at radius 3 is 2.59 bits per heavy atom. The highest BCUT2D eigenvalue weighted by atomic mass is 32.2. The zero-order valence-corrected chi connectivity index (χ0v) is 11.5. The minimum atomic E-state index is -0.256. The van der Waals surface area contributed by atoms with Crippen LogP contribution in [0.3, 0.4) is 0 Å². The number of thioether (sulfide) groups is 1. The van der Waals surface area contributed by atoms with Crippen LogP contribution in [0.1, 0.15) is 26.7 Å². The second-order valence-electron chi connectivity index (χ2n) is 5.54. The maximum absolute atomic E-state index is 12.2. The highest BCUT2D eigenvalue weighted by Gasteiger charge is 2.43. The molecule has 1 saturated carbocycles. The summed E-state index contributed by atoms with van der Waals surface area (Å²) in [5.41, 5.74) is 0. The van der Waals surface area contributed by atoms with Gasteiger partial charge in [-0.25, -0.2) is 0 Å². The molecule has 2 rings (SSSR count). The van der Waals surface area contributed by atoms with E-state index in [2.05, 4.69) is 19.2 Å². The Morgan fingerprint density at radius 2 is 2.06 bits per heavy atom. The Kier molecular flexibility index (Phi) is 3.39. The van der Waals surface area contributed by atoms with E-state index in [-0.39, 0.29) is 29.1 Å². The predicted octanol–water partition coefficient (Wildman–Crippen LogP) is 0.865. The van der Waals surface area contributed by atoms with Crippen LogP contribution in [-0.4, -0.2) is 46.8 Å². The van der Waals surface area contributed by atoms with Crippen molar-refractivity contribution in [2.24, 2.45) is 5.92 Å². The Bertz CT molecular complexity index is 339. The summed E-state index contributed by atoms with van der Waals surface area (Å²) in [4.78, 5) is 25.6. The topological polar surface area (TPSA) is 49.4 Å². The lowest BCUT2D eigenvalue weighted by molar-refractivity contribution is -0.145. The molecule has 0 spiro atoms. The molecule has 1 unspecified atom stereocenters. The van der Waals surface area contributed by atoms with Gasteiger partial charge in [-0.05, 0) is 38.9 Å². The van der Waals surface area contributed by atoms with E-state index in [4.69, 9.17) is 0 Å². The van der Waals surface area contributed by atoms with Crippen LogP contribution in [0.4, 0.5) is 0 Å². The fraction of sp³-hybridized carbons (Fsp3) is 0.833. The van der Waals surface area contributed by atoms with Crippen molar-refractivity contribution in [3.05, 3.63) is 0 Å². The van der Waals surface area contributed by atoms with Crippen LogP contribution in [0.25, 0.3) is 0 Å². The summed E-state index contributed by atoms with van der Waals surface area (Å²) in [5.74, 6) is 0.472. The number of rotatable bonds is 4. The van der Waals surface area contributed by atoms with E-state index in [1.165, 1.54) is 0 Å². The van der Waals surface area contributed by atoms with Gasteiger partial charge in [0.15, 0.2) is 0 Å². The molecule has 96 valence electrons. The molecule has 1 aliphatic carbocycles. The average molecular weight is 256 g/mol. The van der Waals surface area contributed by atoms with Gasteiger partial charge >= 0.3 is 0 Å². The van der Waals surface area contributed by atoms with E-state index < -0.39 is 0 Å². The molecular formula is C12H20N2O2S. The lowest BCUT2D eigenvalue weighted by atomic mass is 10.1. The van der Waals surface area contributed by atoms with Gasteiger partial charge in [0.1, 0.15) is 6.04 Å². The number of piperazine rings is 1. The molecule has 17 heavy (non-hydrogen) atoms. The molecule has 1 aliphatic heterocycles. The smallest absolute Gasteiger partial charge is 0.245 e. The normalized spacial score (nSPS) is 26.1. The quantitative estimate of drug-likeness (QED) is 0.812. The number of amides is 2. The first kappa shape index (κ1) is 12.7. The van der Waals surface area contributed by atoms with Crippen LogP contribution in [0.2, 0.25) is 0 Å². The van der Waals surface area contributed by atoms with Crippen LogP contribution in [0.5, 0.6) is 0 Å². The van der Waals surface area contributed by atoms with E-state index in [1.807, 2.05) is 6.26 Å². The molecule has 1 saturated heterocycles. The first-order chi connectivity index (χ1) is 7.93. The molecule has 0 aromatic rings. The summed E-state index contributed by atoms with van der Waals surface area (Å²) in [7, 11) is 0. The van der Waals surface area contributed by atoms with E-state index >= 15 is 0 Å². The van der Waals surface area contributed by atoms with Gasteiger partial charge < -0.3 is 10.2 Å². The maximum Gasteiger partial charge on any atom is 0.245 e. The Morgan fingerprint density at radius 1 is 1.41 bits per heavy atom. The molecule has 1 N–H and O–H groups in total. The number of nitrogens with zero attached hydrogens (tertiary/aromatic N) is 1. The zero-order valence-electron chi connectivity index (χ0n) is 10.7. The molecule has 0 radical (unpaired) electrons. The maximum atomic E-state index is 12.2. The molecule has 2 amide bonds. The SMILES string of the molecule is CSC(C)(C)CN1CC(=O)NC(C2CC2)C1=O. The molecule has 0 bridgehead atoms. The van der Waals surface area contributed by atoms with Gasteiger partial charge in [-0.3, -0.25) is 9.59 Å². The molecule has 1 heterocycles. The van der Waals surface area contributed by atoms with Crippen LogP contribution in [0, 0.1) is 5.92 Å². The molecule has 2 aliphatic rings. The minimum absolute atomic E-state index is 0.00137. The van der Waals surface area contributed by atoms with Crippen molar-refractivity contribution in [1.29, 1.82) is 0 Å². The molecule has 2 fully saturated rings. The monoisotopic (exact) mass is 256 g/mol. The largest absolute Gasteiger partial charge is 0.342 e. The van der Waals surface area contributed by atoms with Gasteiger partial charge in [0.2, 0.25) is 11.8 Å². The fourth-order valence-electron chi connectivity index (χ4n) is 2.14. The van der Waals surface area contributed by atoms with Gasteiger partial charge in [-0.1, -0.05) is 0 Å². The van der Waals surface area contributed by atoms with E-state index in [0.717, 1.165) is 12.8 Å². The number of carbonyl (C=O) groups excluding carboxylic acids is 2. The van der Waals surface area contributed by atoms with Gasteiger partial charge in [0.25, 0.3) is 0 Å². The first-order valence-corrected chi connectivity index (χ1v) is 7.29. The van der Waals surface area contributed by atoms with Gasteiger partial charge in [-0.2, -0.15) is 11.8 Å². The summed E-state index contributed by atoms with van der Waals surface area (Å²) < 4.78 is 0.00137. The molecule has 0 aromatic carbocycles. The van der Waals surface area contributed by atoms with Gasteiger partial charge in [0.05, 0.1) is 6.54 Å². The van der Waals surface area contributed by atoms with Crippen LogP contribution >= 0.6 is 11.8 Å². The van der Waals surface area contributed by atoms with Crippen molar-refractivity contribution in [2.75, 3.05) is 19.3 Å². The van der Waals surface area contributed by atoms with E-state index in [1.54, 1.807) is 16.7 Å². The second kappa shape index (κ2) is 4.52. The molecule has 0 aromatic heterocycles.